The van der Waals surface area contributed by atoms with Crippen LogP contribution in [-0.4, -0.2) is 63.7 Å². The second-order valence-electron chi connectivity index (χ2n) is 8.43. The Bertz CT molecular complexity index is 919. The lowest BCUT2D eigenvalue weighted by atomic mass is 10.0. The Morgan fingerprint density at radius 3 is 2.68 bits per heavy atom. The summed E-state index contributed by atoms with van der Waals surface area (Å²) in [5.41, 5.74) is 0.898. The number of carbonyl (C=O) groups is 2. The zero-order chi connectivity index (χ0) is 22.3. The highest BCUT2D eigenvalue weighted by Gasteiger charge is 2.44. The van der Waals surface area contributed by atoms with Crippen molar-refractivity contribution in [3.8, 4) is 0 Å². The standard InChI is InChI=1S/C20H26Cl2N4O4S/c1-10-15(21)16(22)17(24-10)18(27)25-12-5-6-26(8-13(12)30-9-11-3-4-11)20(2)23-7-14(31-20)19(28)29/h7,11-13,23-24H,3-6,8-9H2,1-2H3,(H,25,27)(H,28,29). The van der Waals surface area contributed by atoms with Gasteiger partial charge >= 0.3 is 5.97 Å². The van der Waals surface area contributed by atoms with Crippen molar-refractivity contribution in [2.75, 3.05) is 19.7 Å². The molecule has 31 heavy (non-hydrogen) atoms. The monoisotopic (exact) mass is 488 g/mol. The van der Waals surface area contributed by atoms with Crippen LogP contribution in [-0.2, 0) is 9.53 Å². The molecule has 3 aliphatic rings. The van der Waals surface area contributed by atoms with E-state index in [-0.39, 0.29) is 33.7 Å². The number of hydrogen-bond donors (Lipinski definition) is 4. The molecule has 1 saturated heterocycles. The molecule has 8 nitrogen and oxygen atoms in total. The van der Waals surface area contributed by atoms with Crippen molar-refractivity contribution in [1.29, 1.82) is 0 Å². The predicted octanol–water partition coefficient (Wildman–Crippen LogP) is 3.17. The number of carbonyl (C=O) groups excluding carboxylic acids is 1. The lowest BCUT2D eigenvalue weighted by Gasteiger charge is -2.45. The molecule has 2 fully saturated rings. The Labute approximate surface area is 195 Å². The zero-order valence-electron chi connectivity index (χ0n) is 17.3. The van der Waals surface area contributed by atoms with E-state index in [2.05, 4.69) is 20.5 Å². The van der Waals surface area contributed by atoms with Crippen molar-refractivity contribution in [1.82, 2.24) is 20.5 Å². The number of piperidine rings is 1. The quantitative estimate of drug-likeness (QED) is 0.466. The topological polar surface area (TPSA) is 107 Å². The van der Waals surface area contributed by atoms with Crippen LogP contribution >= 0.6 is 35.0 Å². The first-order valence-corrected chi connectivity index (χ1v) is 11.9. The highest BCUT2D eigenvalue weighted by atomic mass is 35.5. The number of carboxylic acids is 1. The molecule has 2 aliphatic heterocycles. The lowest BCUT2D eigenvalue weighted by molar-refractivity contribution is -0.131. The first-order chi connectivity index (χ1) is 14.7. The van der Waals surface area contributed by atoms with Crippen molar-refractivity contribution in [3.63, 3.8) is 0 Å². The van der Waals surface area contributed by atoms with Gasteiger partial charge in [0, 0.05) is 31.6 Å². The fourth-order valence-electron chi connectivity index (χ4n) is 3.88. The average Bonchev–Trinajstić information content (AvgIpc) is 3.42. The van der Waals surface area contributed by atoms with E-state index in [4.69, 9.17) is 27.9 Å². The maximum absolute atomic E-state index is 12.9. The molecular formula is C20H26Cl2N4O4S. The third-order valence-electron chi connectivity index (χ3n) is 5.99. The number of thioether (sulfide) groups is 1. The molecule has 1 aliphatic carbocycles. The van der Waals surface area contributed by atoms with Gasteiger partial charge < -0.3 is 25.5 Å². The van der Waals surface area contributed by atoms with Crippen LogP contribution in [0.5, 0.6) is 0 Å². The molecule has 11 heteroatoms. The minimum atomic E-state index is -0.943. The molecule has 3 unspecified atom stereocenters. The van der Waals surface area contributed by atoms with E-state index >= 15 is 0 Å². The predicted molar refractivity (Wildman–Crippen MR) is 120 cm³/mol. The van der Waals surface area contributed by atoms with Crippen LogP contribution in [0.25, 0.3) is 0 Å². The number of carboxylic acid groups (broad SMARTS) is 1. The van der Waals surface area contributed by atoms with E-state index in [9.17, 15) is 14.7 Å². The normalized spacial score (nSPS) is 28.8. The van der Waals surface area contributed by atoms with Crippen molar-refractivity contribution in [3.05, 3.63) is 32.5 Å². The minimum absolute atomic E-state index is 0.192. The van der Waals surface area contributed by atoms with Crippen LogP contribution in [0.15, 0.2) is 11.1 Å². The molecule has 4 rings (SSSR count). The van der Waals surface area contributed by atoms with Gasteiger partial charge in [-0.2, -0.15) is 0 Å². The number of rotatable bonds is 7. The number of ether oxygens (including phenoxy) is 1. The Hall–Kier alpha value is -1.39. The fourth-order valence-corrected chi connectivity index (χ4v) is 5.35. The van der Waals surface area contributed by atoms with Gasteiger partial charge in [-0.1, -0.05) is 35.0 Å². The van der Waals surface area contributed by atoms with Crippen molar-refractivity contribution in [2.24, 2.45) is 5.92 Å². The van der Waals surface area contributed by atoms with Gasteiger partial charge in [-0.3, -0.25) is 9.69 Å². The van der Waals surface area contributed by atoms with Crippen LogP contribution in [0.3, 0.4) is 0 Å². The number of nitrogens with zero attached hydrogens (tertiary/aromatic N) is 1. The number of aromatic amines is 1. The third-order valence-corrected chi connectivity index (χ3v) is 8.23. The van der Waals surface area contributed by atoms with Gasteiger partial charge in [0.15, 0.2) is 0 Å². The molecule has 170 valence electrons. The highest BCUT2D eigenvalue weighted by molar-refractivity contribution is 8.05. The highest BCUT2D eigenvalue weighted by Crippen LogP contribution is 2.39. The first kappa shape index (κ1) is 22.8. The van der Waals surface area contributed by atoms with Crippen LogP contribution in [0.4, 0.5) is 0 Å². The molecule has 1 aromatic rings. The minimum Gasteiger partial charge on any atom is -0.477 e. The second-order valence-corrected chi connectivity index (χ2v) is 10.6. The van der Waals surface area contributed by atoms with Crippen LogP contribution in [0.2, 0.25) is 10.0 Å². The summed E-state index contributed by atoms with van der Waals surface area (Å²) >= 11 is 13.6. The van der Waals surface area contributed by atoms with Crippen LogP contribution < -0.4 is 10.6 Å². The number of aliphatic carboxylic acids is 1. The van der Waals surface area contributed by atoms with Gasteiger partial charge in [0.2, 0.25) is 0 Å². The van der Waals surface area contributed by atoms with Gasteiger partial charge in [0.1, 0.15) is 15.6 Å². The van der Waals surface area contributed by atoms with Crippen LogP contribution in [0.1, 0.15) is 42.4 Å². The summed E-state index contributed by atoms with van der Waals surface area (Å²) in [4.78, 5) is 29.0. The number of aryl methyl sites for hydroxylation is 1. The molecule has 1 aromatic heterocycles. The smallest absolute Gasteiger partial charge is 0.343 e. The van der Waals surface area contributed by atoms with E-state index in [1.165, 1.54) is 24.6 Å². The third kappa shape index (κ3) is 4.85. The molecular weight excluding hydrogens is 463 g/mol. The summed E-state index contributed by atoms with van der Waals surface area (Å²) in [5.74, 6) is -0.671. The fraction of sp³-hybridized carbons (Fsp3) is 0.600. The SMILES string of the molecule is Cc1[nH]c(C(=O)NC2CCN(C3(C)NC=C(C(=O)O)S3)CC2OCC2CC2)c(Cl)c1Cl. The number of likely N-dealkylation sites (tertiary alicyclic amines) is 1. The molecule has 3 heterocycles. The summed E-state index contributed by atoms with van der Waals surface area (Å²) < 4.78 is 6.23. The molecule has 4 N–H and O–H groups in total. The van der Waals surface area contributed by atoms with Gasteiger partial charge in [-0.05, 0) is 39.0 Å². The molecule has 0 radical (unpaired) electrons. The summed E-state index contributed by atoms with van der Waals surface area (Å²) in [6.45, 7) is 5.62. The van der Waals surface area contributed by atoms with Gasteiger partial charge in [0.05, 0.1) is 22.2 Å². The van der Waals surface area contributed by atoms with E-state index in [0.29, 0.717) is 42.8 Å². The van der Waals surface area contributed by atoms with Crippen LogP contribution in [0, 0.1) is 12.8 Å². The van der Waals surface area contributed by atoms with Gasteiger partial charge in [0.25, 0.3) is 5.91 Å². The number of amides is 1. The number of hydrogen-bond acceptors (Lipinski definition) is 6. The van der Waals surface area contributed by atoms with Crippen molar-refractivity contribution >= 4 is 46.8 Å². The lowest BCUT2D eigenvalue weighted by Crippen LogP contribution is -2.62. The van der Waals surface area contributed by atoms with Crippen molar-refractivity contribution < 1.29 is 19.4 Å². The van der Waals surface area contributed by atoms with E-state index in [0.717, 1.165) is 0 Å². The van der Waals surface area contributed by atoms with Crippen molar-refractivity contribution in [2.45, 2.75) is 50.3 Å². The van der Waals surface area contributed by atoms with E-state index in [1.807, 2.05) is 6.92 Å². The Kier molecular flexibility index (Phi) is 6.52. The Morgan fingerprint density at radius 1 is 1.35 bits per heavy atom. The van der Waals surface area contributed by atoms with Gasteiger partial charge in [-0.25, -0.2) is 4.79 Å². The number of halogens is 2. The Morgan fingerprint density at radius 2 is 2.10 bits per heavy atom. The molecule has 3 atom stereocenters. The largest absolute Gasteiger partial charge is 0.477 e. The zero-order valence-corrected chi connectivity index (χ0v) is 19.7. The average molecular weight is 489 g/mol. The molecule has 1 saturated carbocycles. The summed E-state index contributed by atoms with van der Waals surface area (Å²) in [6, 6.07) is -0.192. The summed E-state index contributed by atoms with van der Waals surface area (Å²) in [7, 11) is 0. The maximum atomic E-state index is 12.9. The van der Waals surface area contributed by atoms with Gasteiger partial charge in [-0.15, -0.1) is 0 Å². The number of H-pyrrole nitrogens is 1. The molecule has 0 spiro atoms. The second kappa shape index (κ2) is 8.86. The van der Waals surface area contributed by atoms with E-state index < -0.39 is 11.0 Å². The number of aromatic nitrogens is 1. The molecule has 0 bridgehead atoms. The first-order valence-electron chi connectivity index (χ1n) is 10.3. The molecule has 1 amide bonds. The van der Waals surface area contributed by atoms with E-state index in [1.54, 1.807) is 13.1 Å². The summed E-state index contributed by atoms with van der Waals surface area (Å²) in [5, 5.41) is 16.1. The number of nitrogens with one attached hydrogen (secondary N) is 3. The Balaban J connectivity index is 1.45. The summed E-state index contributed by atoms with van der Waals surface area (Å²) in [6.07, 6.45) is 4.32. The maximum Gasteiger partial charge on any atom is 0.343 e. The molecule has 0 aromatic carbocycles.